The second-order valence-electron chi connectivity index (χ2n) is 20.8. The summed E-state index contributed by atoms with van der Waals surface area (Å²) < 4.78 is 44.6. The van der Waals surface area contributed by atoms with E-state index in [1.807, 2.05) is 62.4 Å². The van der Waals surface area contributed by atoms with Crippen LogP contribution in [0.15, 0.2) is 133 Å². The molecule has 0 amide bonds. The molecule has 0 aliphatic rings. The van der Waals surface area contributed by atoms with Gasteiger partial charge in [-0.3, -0.25) is 9.59 Å². The number of hydrogen-bond donors (Lipinski definition) is 0. The Balaban J connectivity index is 0.873. The summed E-state index contributed by atoms with van der Waals surface area (Å²) in [6, 6.07) is 37.1. The molecular weight excluding hydrogens is 1050 g/mol. The van der Waals surface area contributed by atoms with Gasteiger partial charge in [-0.25, -0.2) is 19.2 Å². The number of esters is 6. The van der Waals surface area contributed by atoms with Crippen LogP contribution < -0.4 is 28.4 Å². The third-order valence-electron chi connectivity index (χ3n) is 14.1. The SMILES string of the molecule is CCCCCCCCC(C)OC(=O)c1ccc(-c2ccc(OC(=O)c3ccc(OC(=O)CCCCCC(=O)Oc4ccc(C(=O)Oc5ccc(-c6ccc(C(=O)OC(C)CCCCCCCC)cc6)cc5)cc4OC)c(OC)c3)cc2)cc1. The van der Waals surface area contributed by atoms with Crippen LogP contribution in [0.4, 0.5) is 0 Å². The normalized spacial score (nSPS) is 11.6. The molecule has 0 radical (unpaired) electrons. The zero-order valence-electron chi connectivity index (χ0n) is 49.0. The van der Waals surface area contributed by atoms with Crippen LogP contribution in [0.2, 0.25) is 0 Å². The molecule has 2 unspecified atom stereocenters. The third kappa shape index (κ3) is 21.2. The number of benzene rings is 6. The molecule has 440 valence electrons. The topological polar surface area (TPSA) is 176 Å². The summed E-state index contributed by atoms with van der Waals surface area (Å²) in [7, 11) is 2.80. The number of ether oxygens (including phenoxy) is 8. The average Bonchev–Trinajstić information content (AvgIpc) is 3.54. The first kappa shape index (κ1) is 63.9. The summed E-state index contributed by atoms with van der Waals surface area (Å²) in [5.41, 5.74) is 4.82. The summed E-state index contributed by atoms with van der Waals surface area (Å²) in [5, 5.41) is 0. The van der Waals surface area contributed by atoms with Gasteiger partial charge in [0.1, 0.15) is 11.5 Å². The molecule has 0 aromatic heterocycles. The standard InChI is InChI=1S/C69H80O14/c1-7-9-11-13-15-18-22-48(3)78-66(72)54-30-26-50(27-31-54)52-34-40-58(41-35-52)80-68(74)56-38-44-60(62(46-56)76-5)82-64(70)24-20-17-21-25-65(71)83-61-45-39-57(47-63(61)77-6)69(75)81-59-42-36-53(37-43-59)51-28-32-55(33-29-51)67(73)79-49(4)23-19-16-14-12-10-8-2/h26-49H,7-25H2,1-6H3. The van der Waals surface area contributed by atoms with Crippen LogP contribution in [0.25, 0.3) is 22.3 Å². The van der Waals surface area contributed by atoms with Gasteiger partial charge in [-0.1, -0.05) is 133 Å². The first-order valence-corrected chi connectivity index (χ1v) is 29.3. The van der Waals surface area contributed by atoms with E-state index < -0.39 is 23.9 Å². The fraction of sp³-hybridized carbons (Fsp3) is 0.391. The van der Waals surface area contributed by atoms with Gasteiger partial charge >= 0.3 is 35.8 Å². The van der Waals surface area contributed by atoms with E-state index in [1.54, 1.807) is 48.5 Å². The molecule has 6 aromatic rings. The summed E-state index contributed by atoms with van der Waals surface area (Å²) in [5.74, 6) is -1.76. The van der Waals surface area contributed by atoms with Crippen LogP contribution >= 0.6 is 0 Å². The van der Waals surface area contributed by atoms with Crippen molar-refractivity contribution in [3.05, 3.63) is 156 Å². The first-order valence-electron chi connectivity index (χ1n) is 29.3. The van der Waals surface area contributed by atoms with Crippen molar-refractivity contribution in [1.82, 2.24) is 0 Å². The summed E-state index contributed by atoms with van der Waals surface area (Å²) >= 11 is 0. The summed E-state index contributed by atoms with van der Waals surface area (Å²) in [6.45, 7) is 8.27. The van der Waals surface area contributed by atoms with Gasteiger partial charge in [-0.15, -0.1) is 0 Å². The van der Waals surface area contributed by atoms with Gasteiger partial charge in [0.05, 0.1) is 48.7 Å². The summed E-state index contributed by atoms with van der Waals surface area (Å²) in [6.07, 6.45) is 17.2. The maximum atomic E-state index is 13.1. The highest BCUT2D eigenvalue weighted by atomic mass is 16.6. The molecule has 0 bridgehead atoms. The van der Waals surface area contributed by atoms with Gasteiger partial charge in [-0.05, 0) is 160 Å². The van der Waals surface area contributed by atoms with E-state index in [1.165, 1.54) is 102 Å². The van der Waals surface area contributed by atoms with Crippen molar-refractivity contribution in [3.8, 4) is 56.8 Å². The van der Waals surface area contributed by atoms with Gasteiger partial charge in [-0.2, -0.15) is 0 Å². The van der Waals surface area contributed by atoms with E-state index in [0.29, 0.717) is 41.9 Å². The Bertz CT molecular complexity index is 2810. The van der Waals surface area contributed by atoms with Crippen molar-refractivity contribution >= 4 is 35.8 Å². The van der Waals surface area contributed by atoms with Gasteiger partial charge in [0, 0.05) is 12.8 Å². The maximum Gasteiger partial charge on any atom is 0.343 e. The molecule has 0 spiro atoms. The van der Waals surface area contributed by atoms with Gasteiger partial charge in [0.2, 0.25) is 0 Å². The maximum absolute atomic E-state index is 13.1. The number of rotatable bonds is 34. The van der Waals surface area contributed by atoms with Crippen LogP contribution in [-0.4, -0.2) is 62.2 Å². The van der Waals surface area contributed by atoms with Crippen molar-refractivity contribution in [2.45, 2.75) is 162 Å². The number of hydrogen-bond acceptors (Lipinski definition) is 14. The Labute approximate surface area is 489 Å². The Morgan fingerprint density at radius 1 is 0.337 bits per heavy atom. The van der Waals surface area contributed by atoms with Crippen LogP contribution in [0.5, 0.6) is 34.5 Å². The second kappa shape index (κ2) is 34.2. The number of carbonyl (C=O) groups is 6. The molecule has 0 aliphatic carbocycles. The molecule has 0 heterocycles. The van der Waals surface area contributed by atoms with E-state index in [2.05, 4.69) is 13.8 Å². The molecule has 6 rings (SSSR count). The molecule has 0 saturated heterocycles. The molecule has 6 aromatic carbocycles. The monoisotopic (exact) mass is 1130 g/mol. The zero-order chi connectivity index (χ0) is 59.3. The van der Waals surface area contributed by atoms with E-state index in [-0.39, 0.29) is 71.1 Å². The fourth-order valence-corrected chi connectivity index (χ4v) is 9.22. The second-order valence-corrected chi connectivity index (χ2v) is 20.8. The van der Waals surface area contributed by atoms with E-state index in [4.69, 9.17) is 37.9 Å². The third-order valence-corrected chi connectivity index (χ3v) is 14.1. The van der Waals surface area contributed by atoms with Crippen molar-refractivity contribution in [2.75, 3.05) is 14.2 Å². The minimum absolute atomic E-state index is 0.0645. The lowest BCUT2D eigenvalue weighted by atomic mass is 10.0. The molecule has 0 fully saturated rings. The Morgan fingerprint density at radius 2 is 0.651 bits per heavy atom. The lowest BCUT2D eigenvalue weighted by Crippen LogP contribution is -2.15. The van der Waals surface area contributed by atoms with Crippen LogP contribution in [0, 0.1) is 0 Å². The molecule has 14 nitrogen and oxygen atoms in total. The highest BCUT2D eigenvalue weighted by Crippen LogP contribution is 2.32. The fourth-order valence-electron chi connectivity index (χ4n) is 9.22. The van der Waals surface area contributed by atoms with Crippen LogP contribution in [-0.2, 0) is 19.1 Å². The minimum Gasteiger partial charge on any atom is -0.493 e. The lowest BCUT2D eigenvalue weighted by Gasteiger charge is -2.13. The highest BCUT2D eigenvalue weighted by molar-refractivity contribution is 5.94. The van der Waals surface area contributed by atoms with Crippen LogP contribution in [0.1, 0.15) is 191 Å². The van der Waals surface area contributed by atoms with E-state index in [9.17, 15) is 28.8 Å². The largest absolute Gasteiger partial charge is 0.493 e. The van der Waals surface area contributed by atoms with Crippen molar-refractivity contribution in [2.24, 2.45) is 0 Å². The number of unbranched alkanes of at least 4 members (excludes halogenated alkanes) is 12. The van der Waals surface area contributed by atoms with E-state index >= 15 is 0 Å². The first-order chi connectivity index (χ1) is 40.3. The molecule has 14 heteroatoms. The van der Waals surface area contributed by atoms with Crippen molar-refractivity contribution < 1.29 is 66.7 Å². The number of methoxy groups -OCH3 is 2. The molecule has 0 N–H and O–H groups in total. The molecule has 2 atom stereocenters. The molecule has 0 saturated carbocycles. The zero-order valence-corrected chi connectivity index (χ0v) is 49.0. The molecular formula is C69H80O14. The lowest BCUT2D eigenvalue weighted by molar-refractivity contribution is -0.135. The Kier molecular flexibility index (Phi) is 26.4. The van der Waals surface area contributed by atoms with E-state index in [0.717, 1.165) is 60.8 Å². The van der Waals surface area contributed by atoms with Gasteiger partial charge in [0.25, 0.3) is 0 Å². The predicted octanol–water partition coefficient (Wildman–Crippen LogP) is 16.5. The van der Waals surface area contributed by atoms with Gasteiger partial charge in [0.15, 0.2) is 23.0 Å². The van der Waals surface area contributed by atoms with Crippen molar-refractivity contribution in [1.29, 1.82) is 0 Å². The van der Waals surface area contributed by atoms with Crippen LogP contribution in [0.3, 0.4) is 0 Å². The Hall–Kier alpha value is -8.26. The Morgan fingerprint density at radius 3 is 1.00 bits per heavy atom. The minimum atomic E-state index is -0.638. The average molecular weight is 1130 g/mol. The highest BCUT2D eigenvalue weighted by Gasteiger charge is 2.20. The quantitative estimate of drug-likeness (QED) is 0.0212. The predicted molar refractivity (Wildman–Crippen MR) is 320 cm³/mol. The van der Waals surface area contributed by atoms with Gasteiger partial charge < -0.3 is 37.9 Å². The smallest absolute Gasteiger partial charge is 0.343 e. The molecule has 83 heavy (non-hydrogen) atoms. The molecule has 0 aliphatic heterocycles. The number of carbonyl (C=O) groups excluding carboxylic acids is 6. The summed E-state index contributed by atoms with van der Waals surface area (Å²) in [4.78, 5) is 77.4. The van der Waals surface area contributed by atoms with Crippen molar-refractivity contribution in [3.63, 3.8) is 0 Å².